The molecule has 1 aliphatic rings. The highest BCUT2D eigenvalue weighted by Crippen LogP contribution is 2.31. The first-order valence-electron chi connectivity index (χ1n) is 5.51. The van der Waals surface area contributed by atoms with E-state index in [0.29, 0.717) is 0 Å². The van der Waals surface area contributed by atoms with Gasteiger partial charge in [-0.05, 0) is 26.7 Å². The molecule has 1 aromatic heterocycles. The highest BCUT2D eigenvalue weighted by atomic mass is 32.1. The number of carboxylic acids is 1. The van der Waals surface area contributed by atoms with Crippen molar-refractivity contribution in [1.82, 2.24) is 4.98 Å². The maximum Gasteiger partial charge on any atom is 0.308 e. The Morgan fingerprint density at radius 2 is 2.44 bits per heavy atom. The van der Waals surface area contributed by atoms with Crippen molar-refractivity contribution in [2.45, 2.75) is 32.7 Å². The molecule has 4 nitrogen and oxygen atoms in total. The zero-order valence-electron chi connectivity index (χ0n) is 9.51. The van der Waals surface area contributed by atoms with Crippen LogP contribution in [-0.2, 0) is 4.79 Å². The quantitative estimate of drug-likeness (QED) is 0.860. The Bertz CT molecular complexity index is 391. The monoisotopic (exact) mass is 240 g/mol. The summed E-state index contributed by atoms with van der Waals surface area (Å²) in [5, 5.41) is 10.1. The largest absolute Gasteiger partial charge is 0.481 e. The molecule has 0 unspecified atom stereocenters. The molecule has 0 radical (unpaired) electrons. The van der Waals surface area contributed by atoms with Crippen LogP contribution in [0.25, 0.3) is 0 Å². The first-order chi connectivity index (χ1) is 7.59. The fourth-order valence-electron chi connectivity index (χ4n) is 2.22. The number of carbonyl (C=O) groups is 1. The lowest BCUT2D eigenvalue weighted by molar-refractivity contribution is -0.143. The molecule has 5 heteroatoms. The SMILES string of the molecule is Cc1cnc(N2CCC[C@H](C(=O)O)[C@H]2C)s1. The van der Waals surface area contributed by atoms with E-state index in [1.54, 1.807) is 11.3 Å². The van der Waals surface area contributed by atoms with Gasteiger partial charge < -0.3 is 10.0 Å². The van der Waals surface area contributed by atoms with Gasteiger partial charge in [-0.15, -0.1) is 11.3 Å². The van der Waals surface area contributed by atoms with Gasteiger partial charge in [0.1, 0.15) is 0 Å². The number of aliphatic carboxylic acids is 1. The fraction of sp³-hybridized carbons (Fsp3) is 0.636. The average molecular weight is 240 g/mol. The van der Waals surface area contributed by atoms with E-state index < -0.39 is 5.97 Å². The maximum atomic E-state index is 11.1. The summed E-state index contributed by atoms with van der Waals surface area (Å²) < 4.78 is 0. The van der Waals surface area contributed by atoms with Gasteiger partial charge in [0, 0.05) is 23.7 Å². The third-order valence-corrected chi connectivity index (χ3v) is 4.11. The van der Waals surface area contributed by atoms with Crippen LogP contribution in [0.4, 0.5) is 5.13 Å². The topological polar surface area (TPSA) is 53.4 Å². The molecule has 2 rings (SSSR count). The van der Waals surface area contributed by atoms with Crippen molar-refractivity contribution in [3.8, 4) is 0 Å². The van der Waals surface area contributed by atoms with Crippen molar-refractivity contribution in [1.29, 1.82) is 0 Å². The van der Waals surface area contributed by atoms with Gasteiger partial charge in [0.15, 0.2) is 5.13 Å². The molecule has 2 atom stereocenters. The summed E-state index contributed by atoms with van der Waals surface area (Å²) in [5.74, 6) is -0.955. The highest BCUT2D eigenvalue weighted by molar-refractivity contribution is 7.15. The second-order valence-corrected chi connectivity index (χ2v) is 5.49. The van der Waals surface area contributed by atoms with Crippen LogP contribution in [0.3, 0.4) is 0 Å². The molecule has 0 saturated carbocycles. The number of hydrogen-bond donors (Lipinski definition) is 1. The van der Waals surface area contributed by atoms with Crippen molar-refractivity contribution >= 4 is 22.4 Å². The molecule has 2 heterocycles. The van der Waals surface area contributed by atoms with Crippen LogP contribution in [-0.4, -0.2) is 28.6 Å². The summed E-state index contributed by atoms with van der Waals surface area (Å²) in [6, 6.07) is 0.0387. The van der Waals surface area contributed by atoms with Crippen LogP contribution in [0.5, 0.6) is 0 Å². The third kappa shape index (κ3) is 2.04. The van der Waals surface area contributed by atoms with Gasteiger partial charge in [0.25, 0.3) is 0 Å². The van der Waals surface area contributed by atoms with Gasteiger partial charge in [-0.3, -0.25) is 4.79 Å². The van der Waals surface area contributed by atoms with Crippen molar-refractivity contribution in [3.63, 3.8) is 0 Å². The number of aromatic nitrogens is 1. The highest BCUT2D eigenvalue weighted by Gasteiger charge is 2.33. The van der Waals surface area contributed by atoms with E-state index in [9.17, 15) is 4.79 Å². The maximum absolute atomic E-state index is 11.1. The predicted molar refractivity (Wildman–Crippen MR) is 64.0 cm³/mol. The van der Waals surface area contributed by atoms with Crippen LogP contribution < -0.4 is 4.90 Å². The normalized spacial score (nSPS) is 25.8. The number of nitrogens with zero attached hydrogens (tertiary/aromatic N) is 2. The van der Waals surface area contributed by atoms with Crippen LogP contribution >= 0.6 is 11.3 Å². The third-order valence-electron chi connectivity index (χ3n) is 3.16. The predicted octanol–water partition coefficient (Wildman–Crippen LogP) is 2.14. The lowest BCUT2D eigenvalue weighted by Crippen LogP contribution is -2.46. The lowest BCUT2D eigenvalue weighted by atomic mass is 9.91. The number of hydrogen-bond acceptors (Lipinski definition) is 4. The van der Waals surface area contributed by atoms with Gasteiger partial charge in [-0.1, -0.05) is 0 Å². The number of carboxylic acid groups (broad SMARTS) is 1. The zero-order chi connectivity index (χ0) is 11.7. The summed E-state index contributed by atoms with van der Waals surface area (Å²) in [4.78, 5) is 18.7. The van der Waals surface area contributed by atoms with Gasteiger partial charge in [0.05, 0.1) is 5.92 Å². The minimum absolute atomic E-state index is 0.0387. The Kier molecular flexibility index (Phi) is 3.14. The first-order valence-corrected chi connectivity index (χ1v) is 6.33. The van der Waals surface area contributed by atoms with Crippen molar-refractivity contribution in [2.75, 3.05) is 11.4 Å². The molecular weight excluding hydrogens is 224 g/mol. The summed E-state index contributed by atoms with van der Waals surface area (Å²) in [6.45, 7) is 4.91. The zero-order valence-corrected chi connectivity index (χ0v) is 10.3. The van der Waals surface area contributed by atoms with E-state index >= 15 is 0 Å². The molecular formula is C11H16N2O2S. The van der Waals surface area contributed by atoms with E-state index in [4.69, 9.17) is 5.11 Å². The van der Waals surface area contributed by atoms with Gasteiger partial charge in [-0.2, -0.15) is 0 Å². The van der Waals surface area contributed by atoms with Gasteiger partial charge in [0.2, 0.25) is 0 Å². The molecule has 1 fully saturated rings. The Balaban J connectivity index is 2.18. The first kappa shape index (κ1) is 11.4. The van der Waals surface area contributed by atoms with Crippen molar-refractivity contribution < 1.29 is 9.90 Å². The standard InChI is InChI=1S/C11H16N2O2S/c1-7-6-12-11(16-7)13-5-3-4-9(8(13)2)10(14)15/h6,8-9H,3-5H2,1-2H3,(H,14,15)/t8-,9+/m1/s1. The van der Waals surface area contributed by atoms with Crippen molar-refractivity contribution in [2.24, 2.45) is 5.92 Å². The minimum Gasteiger partial charge on any atom is -0.481 e. The molecule has 1 saturated heterocycles. The Hall–Kier alpha value is -1.10. The molecule has 0 bridgehead atoms. The van der Waals surface area contributed by atoms with Crippen LogP contribution in [0.1, 0.15) is 24.6 Å². The number of thiazole rings is 1. The number of anilines is 1. The van der Waals surface area contributed by atoms with E-state index in [1.165, 1.54) is 4.88 Å². The molecule has 16 heavy (non-hydrogen) atoms. The Morgan fingerprint density at radius 3 is 3.00 bits per heavy atom. The van der Waals surface area contributed by atoms with Gasteiger partial charge >= 0.3 is 5.97 Å². The van der Waals surface area contributed by atoms with Crippen LogP contribution in [0.15, 0.2) is 6.20 Å². The number of aryl methyl sites for hydroxylation is 1. The summed E-state index contributed by atoms with van der Waals surface area (Å²) >= 11 is 1.63. The lowest BCUT2D eigenvalue weighted by Gasteiger charge is -2.37. The second-order valence-electron chi connectivity index (χ2n) is 4.27. The smallest absolute Gasteiger partial charge is 0.308 e. The van der Waals surface area contributed by atoms with E-state index in [0.717, 1.165) is 24.5 Å². The fourth-order valence-corrected chi connectivity index (χ4v) is 3.09. The van der Waals surface area contributed by atoms with Gasteiger partial charge in [-0.25, -0.2) is 4.98 Å². The van der Waals surface area contributed by atoms with E-state index in [2.05, 4.69) is 9.88 Å². The molecule has 0 amide bonds. The summed E-state index contributed by atoms with van der Waals surface area (Å²) in [6.07, 6.45) is 3.55. The van der Waals surface area contributed by atoms with E-state index in [-0.39, 0.29) is 12.0 Å². The Labute approximate surface area is 98.9 Å². The average Bonchev–Trinajstić information content (AvgIpc) is 2.64. The second kappa shape index (κ2) is 4.41. The summed E-state index contributed by atoms with van der Waals surface area (Å²) in [5.41, 5.74) is 0. The van der Waals surface area contributed by atoms with E-state index in [1.807, 2.05) is 20.0 Å². The Morgan fingerprint density at radius 1 is 1.69 bits per heavy atom. The molecule has 1 aliphatic heterocycles. The minimum atomic E-state index is -0.689. The van der Waals surface area contributed by atoms with Crippen LogP contribution in [0, 0.1) is 12.8 Å². The number of piperidine rings is 1. The molecule has 0 aliphatic carbocycles. The van der Waals surface area contributed by atoms with Crippen molar-refractivity contribution in [3.05, 3.63) is 11.1 Å². The molecule has 0 spiro atoms. The molecule has 1 aromatic rings. The number of rotatable bonds is 2. The molecule has 0 aromatic carbocycles. The van der Waals surface area contributed by atoms with Crippen LogP contribution in [0.2, 0.25) is 0 Å². The molecule has 88 valence electrons. The molecule has 1 N–H and O–H groups in total. The summed E-state index contributed by atoms with van der Waals surface area (Å²) in [7, 11) is 0.